The van der Waals surface area contributed by atoms with E-state index in [0.29, 0.717) is 28.5 Å². The third-order valence-corrected chi connectivity index (χ3v) is 4.98. The van der Waals surface area contributed by atoms with E-state index in [2.05, 4.69) is 10.3 Å². The lowest BCUT2D eigenvalue weighted by Crippen LogP contribution is -2.36. The maximum absolute atomic E-state index is 12.8. The number of aromatic amines is 1. The molecular formula is C21H21N3O7. The molecule has 2 heterocycles. The summed E-state index contributed by atoms with van der Waals surface area (Å²) < 4.78 is 22.0. The molecule has 31 heavy (non-hydrogen) atoms. The summed E-state index contributed by atoms with van der Waals surface area (Å²) in [7, 11) is 2.92. The number of hydrogen-bond donors (Lipinski definition) is 2. The van der Waals surface area contributed by atoms with Crippen molar-refractivity contribution in [1.82, 2.24) is 14.9 Å². The molecule has 10 heteroatoms. The SMILES string of the molecule is COc1cc2[nH]c(=O)n(CCC(=O)NCc3ccc4c(c3)OCO4)c(=O)c2cc1OC. The third-order valence-electron chi connectivity index (χ3n) is 4.98. The highest BCUT2D eigenvalue weighted by Crippen LogP contribution is 2.32. The van der Waals surface area contributed by atoms with E-state index in [0.717, 1.165) is 10.1 Å². The number of hydrogen-bond acceptors (Lipinski definition) is 7. The molecular weight excluding hydrogens is 406 g/mol. The van der Waals surface area contributed by atoms with Gasteiger partial charge >= 0.3 is 5.69 Å². The lowest BCUT2D eigenvalue weighted by molar-refractivity contribution is -0.121. The van der Waals surface area contributed by atoms with E-state index in [4.69, 9.17) is 18.9 Å². The van der Waals surface area contributed by atoms with Crippen LogP contribution in [-0.4, -0.2) is 36.5 Å². The monoisotopic (exact) mass is 427 g/mol. The van der Waals surface area contributed by atoms with Crippen molar-refractivity contribution in [3.8, 4) is 23.0 Å². The largest absolute Gasteiger partial charge is 0.493 e. The molecule has 3 aromatic rings. The molecule has 0 radical (unpaired) electrons. The van der Waals surface area contributed by atoms with Crippen LogP contribution in [0.4, 0.5) is 0 Å². The molecule has 1 aliphatic heterocycles. The van der Waals surface area contributed by atoms with Crippen LogP contribution in [-0.2, 0) is 17.9 Å². The summed E-state index contributed by atoms with van der Waals surface area (Å²) in [6.07, 6.45) is -0.0354. The zero-order chi connectivity index (χ0) is 22.0. The van der Waals surface area contributed by atoms with Gasteiger partial charge in [-0.1, -0.05) is 6.07 Å². The number of rotatable bonds is 7. The summed E-state index contributed by atoms with van der Waals surface area (Å²) in [4.78, 5) is 40.1. The van der Waals surface area contributed by atoms with Crippen molar-refractivity contribution in [2.45, 2.75) is 19.5 Å². The van der Waals surface area contributed by atoms with Crippen LogP contribution in [0.25, 0.3) is 10.9 Å². The number of methoxy groups -OCH3 is 2. The molecule has 1 aliphatic rings. The Morgan fingerprint density at radius 2 is 1.84 bits per heavy atom. The fourth-order valence-electron chi connectivity index (χ4n) is 3.34. The van der Waals surface area contributed by atoms with Crippen molar-refractivity contribution in [3.05, 3.63) is 56.7 Å². The lowest BCUT2D eigenvalue weighted by atomic mass is 10.2. The van der Waals surface area contributed by atoms with Gasteiger partial charge in [0.25, 0.3) is 5.56 Å². The number of fused-ring (bicyclic) bond motifs is 2. The fraction of sp³-hybridized carbons (Fsp3) is 0.286. The van der Waals surface area contributed by atoms with Gasteiger partial charge in [-0.15, -0.1) is 0 Å². The summed E-state index contributed by atoms with van der Waals surface area (Å²) in [5.74, 6) is 1.77. The topological polar surface area (TPSA) is 121 Å². The summed E-state index contributed by atoms with van der Waals surface area (Å²) in [5.41, 5.74) is 0.0621. The minimum atomic E-state index is -0.603. The molecule has 10 nitrogen and oxygen atoms in total. The van der Waals surface area contributed by atoms with E-state index in [1.807, 2.05) is 6.07 Å². The molecule has 0 unspecified atom stereocenters. The maximum Gasteiger partial charge on any atom is 0.328 e. The molecule has 4 rings (SSSR count). The molecule has 0 fully saturated rings. The smallest absolute Gasteiger partial charge is 0.328 e. The van der Waals surface area contributed by atoms with Crippen LogP contribution in [0.2, 0.25) is 0 Å². The molecule has 1 aromatic heterocycles. The van der Waals surface area contributed by atoms with Crippen molar-refractivity contribution < 1.29 is 23.7 Å². The van der Waals surface area contributed by atoms with Crippen LogP contribution in [0.15, 0.2) is 39.9 Å². The highest BCUT2D eigenvalue weighted by Gasteiger charge is 2.15. The molecule has 0 saturated carbocycles. The Bertz CT molecular complexity index is 1260. The molecule has 162 valence electrons. The number of H-pyrrole nitrogens is 1. The third kappa shape index (κ3) is 4.04. The lowest BCUT2D eigenvalue weighted by Gasteiger charge is -2.11. The van der Waals surface area contributed by atoms with E-state index in [1.54, 1.807) is 12.1 Å². The van der Waals surface area contributed by atoms with Crippen molar-refractivity contribution in [2.75, 3.05) is 21.0 Å². The van der Waals surface area contributed by atoms with Gasteiger partial charge in [0.2, 0.25) is 12.7 Å². The maximum atomic E-state index is 12.8. The first-order chi connectivity index (χ1) is 15.0. The molecule has 0 atom stereocenters. The minimum Gasteiger partial charge on any atom is -0.493 e. The second kappa shape index (κ2) is 8.42. The highest BCUT2D eigenvalue weighted by atomic mass is 16.7. The Labute approximate surface area is 176 Å². The molecule has 0 aliphatic carbocycles. The van der Waals surface area contributed by atoms with Crippen molar-refractivity contribution in [1.29, 1.82) is 0 Å². The van der Waals surface area contributed by atoms with Crippen molar-refractivity contribution in [2.24, 2.45) is 0 Å². The number of carbonyl (C=O) groups is 1. The van der Waals surface area contributed by atoms with Gasteiger partial charge in [0.15, 0.2) is 23.0 Å². The zero-order valence-corrected chi connectivity index (χ0v) is 17.0. The number of ether oxygens (including phenoxy) is 4. The Balaban J connectivity index is 1.46. The standard InChI is InChI=1S/C21H21N3O7/c1-28-16-8-13-14(9-17(16)29-2)23-21(27)24(20(13)26)6-5-19(25)22-10-12-3-4-15-18(7-12)31-11-30-15/h3-4,7-9H,5-6,10-11H2,1-2H3,(H,22,25)(H,23,27). The number of nitrogens with one attached hydrogen (secondary N) is 2. The average Bonchev–Trinajstić information content (AvgIpc) is 3.24. The van der Waals surface area contributed by atoms with Gasteiger partial charge in [-0.2, -0.15) is 0 Å². The molecule has 0 saturated heterocycles. The first-order valence-corrected chi connectivity index (χ1v) is 9.54. The predicted octanol–water partition coefficient (Wildman–Crippen LogP) is 1.14. The van der Waals surface area contributed by atoms with E-state index in [-0.39, 0.29) is 37.6 Å². The first kappa shape index (κ1) is 20.3. The van der Waals surface area contributed by atoms with E-state index >= 15 is 0 Å². The minimum absolute atomic E-state index is 0.0354. The first-order valence-electron chi connectivity index (χ1n) is 9.54. The van der Waals surface area contributed by atoms with E-state index < -0.39 is 11.2 Å². The molecule has 0 bridgehead atoms. The average molecular weight is 427 g/mol. The van der Waals surface area contributed by atoms with Crippen molar-refractivity contribution in [3.63, 3.8) is 0 Å². The molecule has 0 spiro atoms. The summed E-state index contributed by atoms with van der Waals surface area (Å²) in [5, 5.41) is 3.03. The highest BCUT2D eigenvalue weighted by molar-refractivity contribution is 5.81. The Morgan fingerprint density at radius 1 is 1.10 bits per heavy atom. The molecule has 2 N–H and O–H groups in total. The summed E-state index contributed by atoms with van der Waals surface area (Å²) in [6, 6.07) is 8.43. The Morgan fingerprint density at radius 3 is 2.61 bits per heavy atom. The normalized spacial score (nSPS) is 12.1. The zero-order valence-electron chi connectivity index (χ0n) is 17.0. The second-order valence-corrected chi connectivity index (χ2v) is 6.85. The second-order valence-electron chi connectivity index (χ2n) is 6.85. The predicted molar refractivity (Wildman–Crippen MR) is 111 cm³/mol. The molecule has 1 amide bonds. The quantitative estimate of drug-likeness (QED) is 0.580. The van der Waals surface area contributed by atoms with Crippen LogP contribution in [0.1, 0.15) is 12.0 Å². The summed E-state index contributed by atoms with van der Waals surface area (Å²) in [6.45, 7) is 0.403. The Kier molecular flexibility index (Phi) is 5.52. The number of aromatic nitrogens is 2. The van der Waals surface area contributed by atoms with Crippen LogP contribution in [0.5, 0.6) is 23.0 Å². The van der Waals surface area contributed by atoms with Gasteiger partial charge in [-0.05, 0) is 23.8 Å². The van der Waals surface area contributed by atoms with Crippen LogP contribution in [0.3, 0.4) is 0 Å². The number of carbonyl (C=O) groups excluding carboxylic acids is 1. The number of amides is 1. The van der Waals surface area contributed by atoms with Gasteiger partial charge in [0.1, 0.15) is 0 Å². The van der Waals surface area contributed by atoms with Crippen molar-refractivity contribution >= 4 is 16.8 Å². The fourth-order valence-corrected chi connectivity index (χ4v) is 3.34. The van der Waals surface area contributed by atoms with Gasteiger partial charge < -0.3 is 29.2 Å². The Hall–Kier alpha value is -3.95. The van der Waals surface area contributed by atoms with Gasteiger partial charge in [-0.3, -0.25) is 14.2 Å². The van der Waals surface area contributed by atoms with E-state index in [9.17, 15) is 14.4 Å². The van der Waals surface area contributed by atoms with Gasteiger partial charge in [0.05, 0.1) is 25.1 Å². The number of benzene rings is 2. The van der Waals surface area contributed by atoms with Gasteiger partial charge in [0, 0.05) is 25.6 Å². The number of nitrogens with zero attached hydrogens (tertiary/aromatic N) is 1. The van der Waals surface area contributed by atoms with Gasteiger partial charge in [-0.25, -0.2) is 4.79 Å². The van der Waals surface area contributed by atoms with Crippen LogP contribution in [0, 0.1) is 0 Å². The van der Waals surface area contributed by atoms with E-state index in [1.165, 1.54) is 26.4 Å². The molecule has 2 aromatic carbocycles. The summed E-state index contributed by atoms with van der Waals surface area (Å²) >= 11 is 0. The van der Waals surface area contributed by atoms with Crippen LogP contribution < -0.4 is 35.5 Å². The van der Waals surface area contributed by atoms with Crippen LogP contribution >= 0.6 is 0 Å².